The summed E-state index contributed by atoms with van der Waals surface area (Å²) in [4.78, 5) is 0. The van der Waals surface area contributed by atoms with Crippen LogP contribution < -0.4 is 0 Å². The molecule has 0 saturated carbocycles. The Hall–Kier alpha value is -8.62. The van der Waals surface area contributed by atoms with Crippen LogP contribution in [-0.2, 0) is 0 Å². The highest BCUT2D eigenvalue weighted by Gasteiger charge is 2.24. The number of allylic oxidation sites excluding steroid dienone is 5. The monoisotopic (exact) mass is 918 g/mol. The molecule has 12 aromatic rings. The summed E-state index contributed by atoms with van der Waals surface area (Å²) in [5.41, 5.74) is 21.2. The number of fused-ring (bicyclic) bond motifs is 8. The van der Waals surface area contributed by atoms with Crippen molar-refractivity contribution < 1.29 is 0 Å². The predicted octanol–water partition coefficient (Wildman–Crippen LogP) is 20.0. The highest BCUT2D eigenvalue weighted by atomic mass is 32.1. The second-order valence-electron chi connectivity index (χ2n) is 19.0. The van der Waals surface area contributed by atoms with Gasteiger partial charge in [0.05, 0.1) is 0 Å². The second kappa shape index (κ2) is 17.1. The Bertz CT molecular complexity index is 4110. The van der Waals surface area contributed by atoms with E-state index in [1.54, 1.807) is 0 Å². The van der Waals surface area contributed by atoms with Crippen LogP contribution in [0.2, 0.25) is 0 Å². The van der Waals surface area contributed by atoms with E-state index in [9.17, 15) is 0 Å². The van der Waals surface area contributed by atoms with Crippen LogP contribution in [0.15, 0.2) is 260 Å². The van der Waals surface area contributed by atoms with Gasteiger partial charge in [-0.2, -0.15) is 0 Å². The zero-order valence-corrected chi connectivity index (χ0v) is 39.8. The van der Waals surface area contributed by atoms with E-state index in [1.807, 2.05) is 11.3 Å². The van der Waals surface area contributed by atoms with Gasteiger partial charge >= 0.3 is 0 Å². The standard InChI is InChI=1S/C70H46S/c1-3-16-46(17-4-1)63-43-55(44-64(68(63)50-19-5-2-6-20-50)49-32-30-45(31-33-49)52-38-39-67-65(41-52)57-24-13-14-29-66(57)71-67)51-21-15-22-53(40-51)69-58-25-9-11-27-60(58)70(61-28-12-10-26-59(61)69)54-37-36-48-35-34-47-18-7-8-23-56(47)62(48)42-54/h1-22,24-44,56H,23H2. The maximum atomic E-state index is 2.48. The molecule has 11 aromatic carbocycles. The Labute approximate surface area is 418 Å². The molecule has 332 valence electrons. The van der Waals surface area contributed by atoms with Crippen LogP contribution in [0.25, 0.3) is 126 Å². The van der Waals surface area contributed by atoms with Gasteiger partial charge in [0.25, 0.3) is 0 Å². The van der Waals surface area contributed by atoms with Gasteiger partial charge in [0, 0.05) is 26.1 Å². The number of rotatable bonds is 7. The van der Waals surface area contributed by atoms with Crippen LogP contribution in [0.3, 0.4) is 0 Å². The van der Waals surface area contributed by atoms with Crippen molar-refractivity contribution in [1.82, 2.24) is 0 Å². The summed E-state index contributed by atoms with van der Waals surface area (Å²) in [5.74, 6) is 0.386. The van der Waals surface area contributed by atoms with E-state index in [0.29, 0.717) is 5.92 Å². The van der Waals surface area contributed by atoms with Crippen LogP contribution in [0.4, 0.5) is 0 Å². The average molecular weight is 919 g/mol. The fourth-order valence-electron chi connectivity index (χ4n) is 11.6. The van der Waals surface area contributed by atoms with Crippen molar-refractivity contribution in [2.24, 2.45) is 0 Å². The molecule has 1 unspecified atom stereocenters. The van der Waals surface area contributed by atoms with Gasteiger partial charge in [0.2, 0.25) is 0 Å². The lowest BCUT2D eigenvalue weighted by molar-refractivity contribution is 0.811. The molecular formula is C70H46S. The summed E-state index contributed by atoms with van der Waals surface area (Å²) >= 11 is 1.87. The molecule has 0 nitrogen and oxygen atoms in total. The maximum absolute atomic E-state index is 2.48. The van der Waals surface area contributed by atoms with Crippen molar-refractivity contribution in [3.8, 4) is 77.9 Å². The highest BCUT2D eigenvalue weighted by Crippen LogP contribution is 2.48. The van der Waals surface area contributed by atoms with E-state index in [1.165, 1.54) is 136 Å². The summed E-state index contributed by atoms with van der Waals surface area (Å²) in [6.07, 6.45) is 12.4. The van der Waals surface area contributed by atoms with E-state index >= 15 is 0 Å². The quantitative estimate of drug-likeness (QED) is 0.140. The Balaban J connectivity index is 0.933. The molecule has 0 spiro atoms. The molecule has 0 radical (unpaired) electrons. The third-order valence-electron chi connectivity index (χ3n) is 15.0. The van der Waals surface area contributed by atoms with Gasteiger partial charge in [-0.1, -0.05) is 218 Å². The topological polar surface area (TPSA) is 0 Å². The van der Waals surface area contributed by atoms with Crippen molar-refractivity contribution >= 4 is 59.1 Å². The van der Waals surface area contributed by atoms with E-state index in [2.05, 4.69) is 261 Å². The second-order valence-corrected chi connectivity index (χ2v) is 20.1. The molecule has 1 heterocycles. The van der Waals surface area contributed by atoms with Gasteiger partial charge in [0.15, 0.2) is 0 Å². The molecule has 14 rings (SSSR count). The molecule has 0 aliphatic heterocycles. The normalized spacial score (nSPS) is 14.0. The van der Waals surface area contributed by atoms with Crippen LogP contribution in [0.1, 0.15) is 23.5 Å². The SMILES string of the molecule is C1=CCC2C(=C1)C=Cc1ccc(-c3c4ccccc4c(-c4cccc(-c5cc(-c6ccccc6)c(-c6ccccc6)c(-c6ccc(-c7ccc8sc9ccccc9c8c7)cc6)c5)c4)c4ccccc34)cc12. The van der Waals surface area contributed by atoms with E-state index in [0.717, 1.165) is 6.42 Å². The minimum Gasteiger partial charge on any atom is -0.135 e. The van der Waals surface area contributed by atoms with E-state index in [-0.39, 0.29) is 0 Å². The molecule has 0 N–H and O–H groups in total. The Morgan fingerprint density at radius 1 is 0.324 bits per heavy atom. The summed E-state index contributed by atoms with van der Waals surface area (Å²) in [6.45, 7) is 0. The van der Waals surface area contributed by atoms with Crippen molar-refractivity contribution in [2.45, 2.75) is 12.3 Å². The molecule has 0 fully saturated rings. The molecule has 1 atom stereocenters. The molecule has 0 bridgehead atoms. The largest absolute Gasteiger partial charge is 0.135 e. The van der Waals surface area contributed by atoms with E-state index < -0.39 is 0 Å². The number of hydrogen-bond donors (Lipinski definition) is 0. The summed E-state index contributed by atoms with van der Waals surface area (Å²) in [6, 6.07) is 86.1. The first-order chi connectivity index (χ1) is 35.2. The minimum absolute atomic E-state index is 0.386. The first kappa shape index (κ1) is 41.4. The molecule has 0 saturated heterocycles. The lowest BCUT2D eigenvalue weighted by Crippen LogP contribution is -2.08. The van der Waals surface area contributed by atoms with Gasteiger partial charge in [-0.15, -0.1) is 11.3 Å². The third-order valence-corrected chi connectivity index (χ3v) is 16.2. The molecule has 1 heteroatoms. The van der Waals surface area contributed by atoms with Crippen molar-refractivity contribution in [1.29, 1.82) is 0 Å². The summed E-state index contributed by atoms with van der Waals surface area (Å²) < 4.78 is 2.65. The fourth-order valence-corrected chi connectivity index (χ4v) is 12.7. The fraction of sp³-hybridized carbons (Fsp3) is 0.0286. The Morgan fingerprint density at radius 3 is 1.55 bits per heavy atom. The molecule has 0 amide bonds. The van der Waals surface area contributed by atoms with Crippen molar-refractivity contribution in [3.63, 3.8) is 0 Å². The highest BCUT2D eigenvalue weighted by molar-refractivity contribution is 7.25. The Kier molecular flexibility index (Phi) is 9.96. The van der Waals surface area contributed by atoms with Crippen LogP contribution in [-0.4, -0.2) is 0 Å². The molecule has 2 aliphatic carbocycles. The zero-order valence-electron chi connectivity index (χ0n) is 39.0. The van der Waals surface area contributed by atoms with Crippen molar-refractivity contribution in [2.75, 3.05) is 0 Å². The summed E-state index contributed by atoms with van der Waals surface area (Å²) in [5, 5.41) is 7.69. The third kappa shape index (κ3) is 7.12. The lowest BCUT2D eigenvalue weighted by Gasteiger charge is -2.26. The first-order valence-electron chi connectivity index (χ1n) is 24.7. The van der Waals surface area contributed by atoms with Gasteiger partial charge in [-0.3, -0.25) is 0 Å². The zero-order chi connectivity index (χ0) is 46.8. The molecule has 71 heavy (non-hydrogen) atoms. The van der Waals surface area contributed by atoms with Crippen LogP contribution >= 0.6 is 11.3 Å². The number of thiophene rings is 1. The lowest BCUT2D eigenvalue weighted by atomic mass is 9.77. The average Bonchev–Trinajstić information content (AvgIpc) is 3.82. The maximum Gasteiger partial charge on any atom is 0.0355 e. The van der Waals surface area contributed by atoms with Gasteiger partial charge in [-0.25, -0.2) is 0 Å². The Morgan fingerprint density at radius 2 is 0.845 bits per heavy atom. The van der Waals surface area contributed by atoms with Gasteiger partial charge in [0.1, 0.15) is 0 Å². The van der Waals surface area contributed by atoms with E-state index in [4.69, 9.17) is 0 Å². The van der Waals surface area contributed by atoms with Gasteiger partial charge < -0.3 is 0 Å². The summed E-state index contributed by atoms with van der Waals surface area (Å²) in [7, 11) is 0. The number of hydrogen-bond acceptors (Lipinski definition) is 1. The predicted molar refractivity (Wildman–Crippen MR) is 306 cm³/mol. The van der Waals surface area contributed by atoms with Crippen molar-refractivity contribution in [3.05, 3.63) is 272 Å². The van der Waals surface area contributed by atoms with Crippen LogP contribution in [0.5, 0.6) is 0 Å². The minimum atomic E-state index is 0.386. The molecular weight excluding hydrogens is 873 g/mol. The molecule has 1 aromatic heterocycles. The van der Waals surface area contributed by atoms with Gasteiger partial charge in [-0.05, 0) is 165 Å². The first-order valence-corrected chi connectivity index (χ1v) is 25.6. The molecule has 2 aliphatic rings. The van der Waals surface area contributed by atoms with Crippen LogP contribution in [0, 0.1) is 0 Å². The smallest absolute Gasteiger partial charge is 0.0355 e. The number of benzene rings is 11.